The topological polar surface area (TPSA) is 65.5 Å². The van der Waals surface area contributed by atoms with Crippen LogP contribution in [0.1, 0.15) is 25.8 Å². The highest BCUT2D eigenvalue weighted by molar-refractivity contribution is 14.0. The van der Waals surface area contributed by atoms with Crippen molar-refractivity contribution < 1.29 is 4.79 Å². The molecule has 0 spiro atoms. The molecule has 0 saturated carbocycles. The van der Waals surface area contributed by atoms with Crippen molar-refractivity contribution >= 4 is 41.5 Å². The van der Waals surface area contributed by atoms with E-state index in [0.717, 1.165) is 37.6 Å². The van der Waals surface area contributed by atoms with Crippen LogP contribution in [0, 0.1) is 0 Å². The first-order valence-corrected chi connectivity index (χ1v) is 6.96. The highest BCUT2D eigenvalue weighted by atomic mass is 127. The van der Waals surface area contributed by atoms with E-state index < -0.39 is 0 Å². The Morgan fingerprint density at radius 3 is 2.29 bits per heavy atom. The Kier molecular flexibility index (Phi) is 10.7. The number of hydrogen-bond acceptors (Lipinski definition) is 2. The largest absolute Gasteiger partial charge is 0.356 e. The Bertz CT molecular complexity index is 445. The van der Waals surface area contributed by atoms with Crippen LogP contribution in [-0.2, 0) is 11.2 Å². The zero-order valence-electron chi connectivity index (χ0n) is 12.9. The van der Waals surface area contributed by atoms with Gasteiger partial charge in [-0.2, -0.15) is 0 Å². The van der Waals surface area contributed by atoms with Crippen molar-refractivity contribution in [3.63, 3.8) is 0 Å². The van der Waals surface area contributed by atoms with Crippen LogP contribution in [0.25, 0.3) is 0 Å². The molecule has 0 heterocycles. The van der Waals surface area contributed by atoms with Crippen molar-refractivity contribution in [3.8, 4) is 0 Å². The molecule has 0 aliphatic heterocycles. The molecule has 3 N–H and O–H groups in total. The number of nitrogens with one attached hydrogen (secondary N) is 3. The van der Waals surface area contributed by atoms with Crippen molar-refractivity contribution in [3.05, 3.63) is 29.8 Å². The molecule has 0 saturated heterocycles. The van der Waals surface area contributed by atoms with Crippen LogP contribution in [0.3, 0.4) is 0 Å². The molecular formula is C15H25IN4O. The van der Waals surface area contributed by atoms with Gasteiger partial charge < -0.3 is 16.0 Å². The maximum Gasteiger partial charge on any atom is 0.221 e. The molecule has 0 atom stereocenters. The van der Waals surface area contributed by atoms with Gasteiger partial charge in [0.05, 0.1) is 0 Å². The summed E-state index contributed by atoms with van der Waals surface area (Å²) in [4.78, 5) is 15.1. The van der Waals surface area contributed by atoms with Crippen molar-refractivity contribution in [2.45, 2.75) is 26.7 Å². The fourth-order valence-electron chi connectivity index (χ4n) is 1.75. The Balaban J connectivity index is 0.00000400. The number of rotatable bonds is 6. The molecule has 0 aliphatic rings. The van der Waals surface area contributed by atoms with Gasteiger partial charge in [-0.3, -0.25) is 9.79 Å². The predicted molar refractivity (Wildman–Crippen MR) is 99.5 cm³/mol. The van der Waals surface area contributed by atoms with Gasteiger partial charge in [0.15, 0.2) is 5.96 Å². The summed E-state index contributed by atoms with van der Waals surface area (Å²) in [5, 5.41) is 9.25. The van der Waals surface area contributed by atoms with E-state index in [4.69, 9.17) is 0 Å². The minimum absolute atomic E-state index is 0. The van der Waals surface area contributed by atoms with Crippen LogP contribution in [0.2, 0.25) is 0 Å². The molecule has 0 bridgehead atoms. The summed E-state index contributed by atoms with van der Waals surface area (Å²) >= 11 is 0. The number of aliphatic imine (C=N–C) groups is 1. The molecule has 1 amide bonds. The van der Waals surface area contributed by atoms with E-state index in [1.54, 1.807) is 7.05 Å². The lowest BCUT2D eigenvalue weighted by atomic mass is 10.1. The maximum atomic E-state index is 10.9. The third kappa shape index (κ3) is 8.54. The number of anilines is 1. The van der Waals surface area contributed by atoms with Crippen molar-refractivity contribution in [2.75, 3.05) is 25.5 Å². The van der Waals surface area contributed by atoms with E-state index in [1.807, 2.05) is 24.3 Å². The lowest BCUT2D eigenvalue weighted by molar-refractivity contribution is -0.114. The van der Waals surface area contributed by atoms with Gasteiger partial charge in [-0.05, 0) is 30.5 Å². The second-order valence-corrected chi connectivity index (χ2v) is 4.55. The Morgan fingerprint density at radius 1 is 1.14 bits per heavy atom. The molecule has 0 aliphatic carbocycles. The molecule has 6 heteroatoms. The van der Waals surface area contributed by atoms with Gasteiger partial charge in [-0.15, -0.1) is 24.0 Å². The van der Waals surface area contributed by atoms with E-state index in [9.17, 15) is 4.79 Å². The van der Waals surface area contributed by atoms with Crippen molar-refractivity contribution in [1.29, 1.82) is 0 Å². The van der Waals surface area contributed by atoms with Gasteiger partial charge >= 0.3 is 0 Å². The Morgan fingerprint density at radius 2 is 1.76 bits per heavy atom. The van der Waals surface area contributed by atoms with Crippen LogP contribution < -0.4 is 16.0 Å². The van der Waals surface area contributed by atoms with Gasteiger partial charge in [0, 0.05) is 32.7 Å². The molecule has 0 aromatic heterocycles. The summed E-state index contributed by atoms with van der Waals surface area (Å²) in [6, 6.07) is 7.88. The molecule has 0 fully saturated rings. The monoisotopic (exact) mass is 404 g/mol. The van der Waals surface area contributed by atoms with Crippen LogP contribution in [0.4, 0.5) is 5.69 Å². The highest BCUT2D eigenvalue weighted by Crippen LogP contribution is 2.09. The molecule has 1 rings (SSSR count). The minimum atomic E-state index is -0.0507. The summed E-state index contributed by atoms with van der Waals surface area (Å²) in [5.41, 5.74) is 2.05. The first kappa shape index (κ1) is 19.7. The van der Waals surface area contributed by atoms with Crippen molar-refractivity contribution in [1.82, 2.24) is 10.6 Å². The molecule has 1 aromatic rings. The number of carbonyl (C=O) groups excluding carboxylic acids is 1. The summed E-state index contributed by atoms with van der Waals surface area (Å²) in [6.45, 7) is 5.37. The fraction of sp³-hybridized carbons (Fsp3) is 0.467. The Hall–Kier alpha value is -1.31. The quantitative estimate of drug-likeness (QED) is 0.388. The summed E-state index contributed by atoms with van der Waals surface area (Å²) in [7, 11) is 1.77. The average Bonchev–Trinajstić information content (AvgIpc) is 2.44. The number of hydrogen-bond donors (Lipinski definition) is 3. The molecule has 1 aromatic carbocycles. The standard InChI is InChI=1S/C15H24N4O.HI/c1-4-10-17-15(16-3)18-11-9-13-5-7-14(8-6-13)19-12(2)20;/h5-8H,4,9-11H2,1-3H3,(H,19,20)(H2,16,17,18);1H. The third-order valence-electron chi connectivity index (χ3n) is 2.75. The lowest BCUT2D eigenvalue weighted by Crippen LogP contribution is -2.38. The number of halogens is 1. The number of guanidine groups is 1. The van der Waals surface area contributed by atoms with E-state index in [0.29, 0.717) is 0 Å². The molecule has 118 valence electrons. The smallest absolute Gasteiger partial charge is 0.221 e. The minimum Gasteiger partial charge on any atom is -0.356 e. The number of benzene rings is 1. The zero-order chi connectivity index (χ0) is 14.8. The summed E-state index contributed by atoms with van der Waals surface area (Å²) in [6.07, 6.45) is 1.98. The fourth-order valence-corrected chi connectivity index (χ4v) is 1.75. The van der Waals surface area contributed by atoms with E-state index in [-0.39, 0.29) is 29.9 Å². The molecule has 0 radical (unpaired) electrons. The highest BCUT2D eigenvalue weighted by Gasteiger charge is 1.98. The van der Waals surface area contributed by atoms with E-state index >= 15 is 0 Å². The van der Waals surface area contributed by atoms with Crippen LogP contribution in [0.15, 0.2) is 29.3 Å². The first-order valence-electron chi connectivity index (χ1n) is 6.96. The first-order chi connectivity index (χ1) is 9.65. The third-order valence-corrected chi connectivity index (χ3v) is 2.75. The maximum absolute atomic E-state index is 10.9. The van der Waals surface area contributed by atoms with E-state index in [2.05, 4.69) is 27.9 Å². The number of nitrogens with zero attached hydrogens (tertiary/aromatic N) is 1. The molecule has 21 heavy (non-hydrogen) atoms. The average molecular weight is 404 g/mol. The molecule has 0 unspecified atom stereocenters. The van der Waals surface area contributed by atoms with Gasteiger partial charge in [0.1, 0.15) is 0 Å². The zero-order valence-corrected chi connectivity index (χ0v) is 15.2. The van der Waals surface area contributed by atoms with Crippen LogP contribution >= 0.6 is 24.0 Å². The summed E-state index contributed by atoms with van der Waals surface area (Å²) < 4.78 is 0. The van der Waals surface area contributed by atoms with Gasteiger partial charge in [0.25, 0.3) is 0 Å². The van der Waals surface area contributed by atoms with E-state index in [1.165, 1.54) is 12.5 Å². The number of amides is 1. The van der Waals surface area contributed by atoms with Gasteiger partial charge in [0.2, 0.25) is 5.91 Å². The summed E-state index contributed by atoms with van der Waals surface area (Å²) in [5.74, 6) is 0.784. The second kappa shape index (κ2) is 11.4. The van der Waals surface area contributed by atoms with Crippen LogP contribution in [-0.4, -0.2) is 32.0 Å². The predicted octanol–water partition coefficient (Wildman–Crippen LogP) is 2.38. The number of carbonyl (C=O) groups is 1. The second-order valence-electron chi connectivity index (χ2n) is 4.55. The normalized spacial score (nSPS) is 10.5. The van der Waals surface area contributed by atoms with Gasteiger partial charge in [-0.1, -0.05) is 19.1 Å². The van der Waals surface area contributed by atoms with Gasteiger partial charge in [-0.25, -0.2) is 0 Å². The lowest BCUT2D eigenvalue weighted by Gasteiger charge is -2.11. The Labute approximate surface area is 144 Å². The molecular weight excluding hydrogens is 379 g/mol. The SMILES string of the molecule is CCCNC(=NC)NCCc1ccc(NC(C)=O)cc1.I. The van der Waals surface area contributed by atoms with Crippen molar-refractivity contribution in [2.24, 2.45) is 4.99 Å². The molecule has 5 nitrogen and oxygen atoms in total. The van der Waals surface area contributed by atoms with Crippen LogP contribution in [0.5, 0.6) is 0 Å².